The lowest BCUT2D eigenvalue weighted by Crippen LogP contribution is -2.25. The first-order chi connectivity index (χ1) is 4.72. The Morgan fingerprint density at radius 1 is 1.70 bits per heavy atom. The molecule has 5 heteroatoms. The fourth-order valence-electron chi connectivity index (χ4n) is 0.506. The van der Waals surface area contributed by atoms with Crippen molar-refractivity contribution in [3.05, 3.63) is 18.7 Å². The van der Waals surface area contributed by atoms with Gasteiger partial charge in [-0.15, -0.1) is 0 Å². The van der Waals surface area contributed by atoms with Crippen molar-refractivity contribution in [2.24, 2.45) is 5.73 Å². The fraction of sp³-hybridized carbons (Fsp3) is 0. The van der Waals surface area contributed by atoms with Gasteiger partial charge in [0.15, 0.2) is 4.99 Å². The van der Waals surface area contributed by atoms with Crippen molar-refractivity contribution in [1.82, 2.24) is 9.55 Å². The molecule has 0 spiro atoms. The maximum absolute atomic E-state index is 10.9. The molecular weight excluding hydrogens is 150 g/mol. The van der Waals surface area contributed by atoms with Crippen LogP contribution in [0.5, 0.6) is 0 Å². The molecule has 2 N–H and O–H groups in total. The molecule has 1 rings (SSSR count). The van der Waals surface area contributed by atoms with E-state index < -0.39 is 5.91 Å². The van der Waals surface area contributed by atoms with Gasteiger partial charge in [0.2, 0.25) is 0 Å². The minimum Gasteiger partial charge on any atom is -0.385 e. The number of nitrogens with two attached hydrogens (primary N) is 1. The van der Waals surface area contributed by atoms with E-state index in [9.17, 15) is 4.79 Å². The van der Waals surface area contributed by atoms with Gasteiger partial charge in [0, 0.05) is 12.4 Å². The molecule has 0 saturated heterocycles. The number of carbonyl (C=O) groups is 1. The molecule has 0 aromatic carbocycles. The Morgan fingerprint density at radius 2 is 2.40 bits per heavy atom. The van der Waals surface area contributed by atoms with E-state index in [4.69, 9.17) is 5.73 Å². The van der Waals surface area contributed by atoms with Crippen molar-refractivity contribution in [2.45, 2.75) is 0 Å². The quantitative estimate of drug-likeness (QED) is 0.527. The minimum absolute atomic E-state index is 0.155. The molecule has 0 radical (unpaired) electrons. The van der Waals surface area contributed by atoms with Gasteiger partial charge in [-0.25, -0.2) is 4.98 Å². The van der Waals surface area contributed by atoms with Crippen LogP contribution < -0.4 is 5.73 Å². The molecule has 0 saturated carbocycles. The molecule has 0 atom stereocenters. The third kappa shape index (κ3) is 1.19. The molecule has 0 unspecified atom stereocenters. The standard InChI is InChI=1S/C5H5N3OS/c6-4(10)5(9)8-2-1-7-3-8/h1-3H,(H2,6,10). The first kappa shape index (κ1) is 6.88. The van der Waals surface area contributed by atoms with Crippen molar-refractivity contribution in [3.8, 4) is 0 Å². The number of aromatic nitrogens is 2. The number of carbonyl (C=O) groups excluding carboxylic acids is 1. The van der Waals surface area contributed by atoms with Crippen LogP contribution in [0.4, 0.5) is 0 Å². The van der Waals surface area contributed by atoms with Gasteiger partial charge in [-0.3, -0.25) is 9.36 Å². The monoisotopic (exact) mass is 155 g/mol. The SMILES string of the molecule is NC(=S)C(=O)n1ccnc1. The van der Waals surface area contributed by atoms with Gasteiger partial charge >= 0.3 is 0 Å². The smallest absolute Gasteiger partial charge is 0.290 e. The second-order valence-electron chi connectivity index (χ2n) is 1.64. The van der Waals surface area contributed by atoms with E-state index in [0.717, 1.165) is 0 Å². The number of imidazole rings is 1. The van der Waals surface area contributed by atoms with Gasteiger partial charge in [0.05, 0.1) is 0 Å². The van der Waals surface area contributed by atoms with E-state index in [2.05, 4.69) is 17.2 Å². The predicted octanol–water partition coefficient (Wildman–Crippen LogP) is -0.191. The van der Waals surface area contributed by atoms with Crippen molar-refractivity contribution >= 4 is 23.1 Å². The summed E-state index contributed by atoms with van der Waals surface area (Å²) in [5.74, 6) is -0.410. The molecule has 0 bridgehead atoms. The molecule has 10 heavy (non-hydrogen) atoms. The molecule has 52 valence electrons. The Hall–Kier alpha value is -1.23. The average molecular weight is 155 g/mol. The van der Waals surface area contributed by atoms with Crippen molar-refractivity contribution < 1.29 is 4.79 Å². The van der Waals surface area contributed by atoms with Crippen LogP contribution in [0.25, 0.3) is 0 Å². The van der Waals surface area contributed by atoms with Crippen LogP contribution in [0.15, 0.2) is 18.7 Å². The zero-order valence-electron chi connectivity index (χ0n) is 5.02. The second-order valence-corrected chi connectivity index (χ2v) is 2.08. The lowest BCUT2D eigenvalue weighted by molar-refractivity contribution is 0.0991. The van der Waals surface area contributed by atoms with Crippen molar-refractivity contribution in [2.75, 3.05) is 0 Å². The molecule has 1 heterocycles. The molecule has 1 aromatic rings. The van der Waals surface area contributed by atoms with Gasteiger partial charge in [0.1, 0.15) is 6.33 Å². The molecular formula is C5H5N3OS. The zero-order valence-corrected chi connectivity index (χ0v) is 5.84. The Kier molecular flexibility index (Phi) is 1.77. The van der Waals surface area contributed by atoms with Crippen LogP contribution >= 0.6 is 12.2 Å². The first-order valence-corrected chi connectivity index (χ1v) is 2.94. The summed E-state index contributed by atoms with van der Waals surface area (Å²) < 4.78 is 1.22. The van der Waals surface area contributed by atoms with Crippen molar-refractivity contribution in [3.63, 3.8) is 0 Å². The lowest BCUT2D eigenvalue weighted by Gasteiger charge is -1.94. The highest BCUT2D eigenvalue weighted by Crippen LogP contribution is 1.85. The van der Waals surface area contributed by atoms with E-state index >= 15 is 0 Å². The summed E-state index contributed by atoms with van der Waals surface area (Å²) in [5.41, 5.74) is 5.06. The number of nitrogens with zero attached hydrogens (tertiary/aromatic N) is 2. The Morgan fingerprint density at radius 3 is 2.80 bits per heavy atom. The van der Waals surface area contributed by atoms with Crippen LogP contribution in [0.2, 0.25) is 0 Å². The van der Waals surface area contributed by atoms with E-state index in [1.807, 2.05) is 0 Å². The molecule has 4 nitrogen and oxygen atoms in total. The van der Waals surface area contributed by atoms with Crippen molar-refractivity contribution in [1.29, 1.82) is 0 Å². The molecule has 0 aliphatic heterocycles. The van der Waals surface area contributed by atoms with Crippen LogP contribution in [0.3, 0.4) is 0 Å². The van der Waals surface area contributed by atoms with Gasteiger partial charge in [-0.05, 0) is 0 Å². The summed E-state index contributed by atoms with van der Waals surface area (Å²) in [5, 5.41) is 0. The van der Waals surface area contributed by atoms with Gasteiger partial charge < -0.3 is 5.73 Å². The normalized spacial score (nSPS) is 9.20. The van der Waals surface area contributed by atoms with Crippen LogP contribution in [-0.4, -0.2) is 20.4 Å². The summed E-state index contributed by atoms with van der Waals surface area (Å²) >= 11 is 4.45. The summed E-state index contributed by atoms with van der Waals surface area (Å²) in [4.78, 5) is 14.4. The van der Waals surface area contributed by atoms with Crippen LogP contribution in [0, 0.1) is 0 Å². The van der Waals surface area contributed by atoms with E-state index in [1.165, 1.54) is 23.3 Å². The summed E-state index contributed by atoms with van der Waals surface area (Å²) in [7, 11) is 0. The molecule has 0 amide bonds. The minimum atomic E-state index is -0.410. The van der Waals surface area contributed by atoms with E-state index in [1.54, 1.807) is 0 Å². The molecule has 0 aliphatic rings. The fourth-order valence-corrected chi connectivity index (χ4v) is 0.612. The van der Waals surface area contributed by atoms with Gasteiger partial charge in [-0.1, -0.05) is 12.2 Å². The largest absolute Gasteiger partial charge is 0.385 e. The highest BCUT2D eigenvalue weighted by molar-refractivity contribution is 7.82. The average Bonchev–Trinajstić information content (AvgIpc) is 2.36. The van der Waals surface area contributed by atoms with Crippen LogP contribution in [-0.2, 0) is 0 Å². The number of rotatable bonds is 0. The number of hydrogen-bond donors (Lipinski definition) is 1. The van der Waals surface area contributed by atoms with Crippen LogP contribution in [0.1, 0.15) is 4.79 Å². The predicted molar refractivity (Wildman–Crippen MR) is 39.6 cm³/mol. The van der Waals surface area contributed by atoms with Gasteiger partial charge in [-0.2, -0.15) is 0 Å². The Balaban J connectivity index is 2.88. The highest BCUT2D eigenvalue weighted by Gasteiger charge is 2.04. The summed E-state index contributed by atoms with van der Waals surface area (Å²) in [6.07, 6.45) is 4.32. The molecule has 0 aliphatic carbocycles. The maximum atomic E-state index is 10.9. The van der Waals surface area contributed by atoms with E-state index in [-0.39, 0.29) is 4.99 Å². The number of hydrogen-bond acceptors (Lipinski definition) is 3. The molecule has 0 fully saturated rings. The maximum Gasteiger partial charge on any atom is 0.290 e. The Bertz CT molecular complexity index is 254. The third-order valence-corrected chi connectivity index (χ3v) is 1.12. The molecule has 1 aromatic heterocycles. The second kappa shape index (κ2) is 2.57. The van der Waals surface area contributed by atoms with E-state index in [0.29, 0.717) is 0 Å². The lowest BCUT2D eigenvalue weighted by atomic mass is 10.6. The summed E-state index contributed by atoms with van der Waals surface area (Å²) in [6.45, 7) is 0. The highest BCUT2D eigenvalue weighted by atomic mass is 32.1. The first-order valence-electron chi connectivity index (χ1n) is 2.54. The topological polar surface area (TPSA) is 60.9 Å². The zero-order chi connectivity index (χ0) is 7.56. The number of thiocarbonyl (C=S) groups is 1. The van der Waals surface area contributed by atoms with Gasteiger partial charge in [0.25, 0.3) is 5.91 Å². The summed E-state index contributed by atoms with van der Waals surface area (Å²) in [6, 6.07) is 0. The third-order valence-electron chi connectivity index (χ3n) is 0.950. The Labute approximate surface area is 62.7 Å².